The number of terminal acetylenes is 1. The minimum absolute atomic E-state index is 0.0592. The monoisotopic (exact) mass is 352 g/mol. The molecule has 0 amide bonds. The third kappa shape index (κ3) is 6.70. The van der Waals surface area contributed by atoms with Crippen molar-refractivity contribution in [1.82, 2.24) is 0 Å². The first-order valence-corrected chi connectivity index (χ1v) is 8.20. The van der Waals surface area contributed by atoms with Gasteiger partial charge in [0.2, 0.25) is 0 Å². The summed E-state index contributed by atoms with van der Waals surface area (Å²) in [5.74, 6) is 2.65. The molecule has 1 unspecified atom stereocenters. The average molecular weight is 352 g/mol. The van der Waals surface area contributed by atoms with Crippen LogP contribution in [0.5, 0.6) is 11.5 Å². The van der Waals surface area contributed by atoms with E-state index >= 15 is 0 Å². The van der Waals surface area contributed by atoms with Crippen molar-refractivity contribution in [3.8, 4) is 23.8 Å². The topological polar surface area (TPSA) is 61.8 Å². The van der Waals surface area contributed by atoms with Crippen LogP contribution in [0.4, 0.5) is 0 Å². The second-order valence-electron chi connectivity index (χ2n) is 5.52. The van der Waals surface area contributed by atoms with Gasteiger partial charge in [0.25, 0.3) is 0 Å². The molecule has 134 valence electrons. The molecular formula is C21H20O5. The van der Waals surface area contributed by atoms with Crippen molar-refractivity contribution >= 4 is 11.9 Å². The molecule has 1 atom stereocenters. The van der Waals surface area contributed by atoms with Gasteiger partial charge in [-0.05, 0) is 36.8 Å². The van der Waals surface area contributed by atoms with E-state index in [0.717, 1.165) is 11.3 Å². The summed E-state index contributed by atoms with van der Waals surface area (Å²) in [5.41, 5.74) is 0.787. The van der Waals surface area contributed by atoms with Gasteiger partial charge in [-0.15, -0.1) is 6.42 Å². The number of para-hydroxylation sites is 1. The van der Waals surface area contributed by atoms with Crippen molar-refractivity contribution < 1.29 is 23.8 Å². The van der Waals surface area contributed by atoms with Gasteiger partial charge in [-0.25, -0.2) is 0 Å². The molecule has 2 aromatic rings. The molecule has 26 heavy (non-hydrogen) atoms. The Bertz CT molecular complexity index is 776. The number of benzene rings is 2. The van der Waals surface area contributed by atoms with Crippen LogP contribution in [0.2, 0.25) is 0 Å². The van der Waals surface area contributed by atoms with Crippen molar-refractivity contribution in [2.75, 3.05) is 0 Å². The molecular weight excluding hydrogens is 332 g/mol. The van der Waals surface area contributed by atoms with Gasteiger partial charge in [-0.3, -0.25) is 9.59 Å². The van der Waals surface area contributed by atoms with Crippen molar-refractivity contribution in [2.45, 2.75) is 32.5 Å². The summed E-state index contributed by atoms with van der Waals surface area (Å²) in [5, 5.41) is 0. The van der Waals surface area contributed by atoms with E-state index in [-0.39, 0.29) is 19.4 Å². The lowest BCUT2D eigenvalue weighted by atomic mass is 10.2. The minimum atomic E-state index is -0.606. The maximum Gasteiger partial charge on any atom is 0.307 e. The number of ether oxygens (including phenoxy) is 3. The molecule has 0 aliphatic carbocycles. The third-order valence-electron chi connectivity index (χ3n) is 3.35. The Morgan fingerprint density at radius 1 is 1.00 bits per heavy atom. The van der Waals surface area contributed by atoms with Crippen LogP contribution in [0.3, 0.4) is 0 Å². The highest BCUT2D eigenvalue weighted by Crippen LogP contribution is 2.22. The largest absolute Gasteiger partial charge is 0.461 e. The number of rotatable bonds is 8. The molecule has 0 aliphatic rings. The van der Waals surface area contributed by atoms with Crippen LogP contribution in [0.15, 0.2) is 54.6 Å². The molecule has 0 radical (unpaired) electrons. The molecule has 0 heterocycles. The predicted molar refractivity (Wildman–Crippen MR) is 96.4 cm³/mol. The van der Waals surface area contributed by atoms with Gasteiger partial charge >= 0.3 is 11.9 Å². The predicted octanol–water partition coefficient (Wildman–Crippen LogP) is 3.87. The molecule has 0 aromatic heterocycles. The summed E-state index contributed by atoms with van der Waals surface area (Å²) < 4.78 is 15.8. The number of hydrogen-bond donors (Lipinski definition) is 0. The first-order valence-electron chi connectivity index (χ1n) is 8.20. The fourth-order valence-corrected chi connectivity index (χ4v) is 2.05. The molecule has 0 saturated carbocycles. The fraction of sp³-hybridized carbons (Fsp3) is 0.238. The molecule has 0 bridgehead atoms. The van der Waals surface area contributed by atoms with Crippen molar-refractivity contribution in [1.29, 1.82) is 0 Å². The number of carbonyl (C=O) groups is 2. The fourth-order valence-electron chi connectivity index (χ4n) is 2.05. The van der Waals surface area contributed by atoms with E-state index < -0.39 is 18.0 Å². The van der Waals surface area contributed by atoms with Crippen molar-refractivity contribution in [3.05, 3.63) is 60.2 Å². The SMILES string of the molecule is C#CC(C)OC(=O)CCC(=O)OCc1cccc(Oc2ccccc2)c1. The highest BCUT2D eigenvalue weighted by atomic mass is 16.5. The van der Waals surface area contributed by atoms with Crippen molar-refractivity contribution in [2.24, 2.45) is 0 Å². The first-order chi connectivity index (χ1) is 12.6. The summed E-state index contributed by atoms with van der Waals surface area (Å²) >= 11 is 0. The molecule has 2 rings (SSSR count). The lowest BCUT2D eigenvalue weighted by Crippen LogP contribution is -2.15. The van der Waals surface area contributed by atoms with Crippen LogP contribution in [0.1, 0.15) is 25.3 Å². The molecule has 0 saturated heterocycles. The number of carbonyl (C=O) groups excluding carboxylic acids is 2. The zero-order valence-corrected chi connectivity index (χ0v) is 14.5. The van der Waals surface area contributed by atoms with Crippen LogP contribution in [0, 0.1) is 12.3 Å². The van der Waals surface area contributed by atoms with Crippen LogP contribution in [0.25, 0.3) is 0 Å². The maximum atomic E-state index is 11.8. The smallest absolute Gasteiger partial charge is 0.307 e. The molecule has 2 aromatic carbocycles. The number of hydrogen-bond acceptors (Lipinski definition) is 5. The van der Waals surface area contributed by atoms with Crippen molar-refractivity contribution in [3.63, 3.8) is 0 Å². The lowest BCUT2D eigenvalue weighted by molar-refractivity contribution is -0.152. The molecule has 5 nitrogen and oxygen atoms in total. The van der Waals surface area contributed by atoms with Gasteiger partial charge in [0.15, 0.2) is 6.10 Å². The minimum Gasteiger partial charge on any atom is -0.461 e. The Hall–Kier alpha value is -3.26. The highest BCUT2D eigenvalue weighted by molar-refractivity contribution is 5.77. The molecule has 0 spiro atoms. The third-order valence-corrected chi connectivity index (χ3v) is 3.35. The number of esters is 2. The van der Waals surface area contributed by atoms with Crippen LogP contribution >= 0.6 is 0 Å². The van der Waals surface area contributed by atoms with E-state index in [1.807, 2.05) is 48.5 Å². The van der Waals surface area contributed by atoms with E-state index in [0.29, 0.717) is 5.75 Å². The maximum absolute atomic E-state index is 11.8. The zero-order chi connectivity index (χ0) is 18.8. The van der Waals surface area contributed by atoms with Gasteiger partial charge in [0.1, 0.15) is 18.1 Å². The first kappa shape index (κ1) is 19.1. The normalized spacial score (nSPS) is 11.1. The summed E-state index contributed by atoms with van der Waals surface area (Å²) in [4.78, 5) is 23.2. The van der Waals surface area contributed by atoms with E-state index in [2.05, 4.69) is 5.92 Å². The second-order valence-corrected chi connectivity index (χ2v) is 5.52. The average Bonchev–Trinajstić information content (AvgIpc) is 2.65. The summed E-state index contributed by atoms with van der Waals surface area (Å²) in [6.45, 7) is 1.68. The highest BCUT2D eigenvalue weighted by Gasteiger charge is 2.11. The van der Waals surface area contributed by atoms with Gasteiger partial charge in [-0.2, -0.15) is 0 Å². The summed E-state index contributed by atoms with van der Waals surface area (Å²) in [6.07, 6.45) is 4.39. The molecule has 0 aliphatic heterocycles. The Morgan fingerprint density at radius 3 is 2.42 bits per heavy atom. The Morgan fingerprint density at radius 2 is 1.69 bits per heavy atom. The summed E-state index contributed by atoms with van der Waals surface area (Å²) in [6, 6.07) is 16.6. The Labute approximate surface area is 152 Å². The van der Waals surface area contributed by atoms with Gasteiger partial charge in [-0.1, -0.05) is 36.3 Å². The summed E-state index contributed by atoms with van der Waals surface area (Å²) in [7, 11) is 0. The van der Waals surface area contributed by atoms with Crippen LogP contribution in [-0.2, 0) is 25.7 Å². The van der Waals surface area contributed by atoms with E-state index in [9.17, 15) is 9.59 Å². The Kier molecular flexibility index (Phi) is 7.26. The lowest BCUT2D eigenvalue weighted by Gasteiger charge is -2.09. The van der Waals surface area contributed by atoms with Crippen LogP contribution < -0.4 is 4.74 Å². The molecule has 0 N–H and O–H groups in total. The van der Waals surface area contributed by atoms with Gasteiger partial charge in [0.05, 0.1) is 12.8 Å². The van der Waals surface area contributed by atoms with Gasteiger partial charge < -0.3 is 14.2 Å². The van der Waals surface area contributed by atoms with Gasteiger partial charge in [0, 0.05) is 0 Å². The van der Waals surface area contributed by atoms with Crippen LogP contribution in [-0.4, -0.2) is 18.0 Å². The molecule has 0 fully saturated rings. The standard InChI is InChI=1S/C21H20O5/c1-3-16(2)25-21(23)13-12-20(22)24-15-17-8-7-11-19(14-17)26-18-9-5-4-6-10-18/h1,4-11,14,16H,12-13,15H2,2H3. The van der Waals surface area contributed by atoms with E-state index in [4.69, 9.17) is 20.6 Å². The van der Waals surface area contributed by atoms with E-state index in [1.54, 1.807) is 13.0 Å². The quantitative estimate of drug-likeness (QED) is 0.533. The Balaban J connectivity index is 1.78. The second kappa shape index (κ2) is 9.90. The molecule has 5 heteroatoms. The van der Waals surface area contributed by atoms with E-state index in [1.165, 1.54) is 0 Å². The zero-order valence-electron chi connectivity index (χ0n) is 14.5.